The molecule has 2 aliphatic rings. The number of rotatable bonds is 11. The van der Waals surface area contributed by atoms with Gasteiger partial charge >= 0.3 is 5.92 Å². The summed E-state index contributed by atoms with van der Waals surface area (Å²) in [6.07, 6.45) is 6.18. The Balaban J connectivity index is 0.000000203. The number of nitrogens with one attached hydrogen (secondary N) is 2. The summed E-state index contributed by atoms with van der Waals surface area (Å²) in [5.74, 6) is -5.45. The summed E-state index contributed by atoms with van der Waals surface area (Å²) in [6.45, 7) is 1.01. The van der Waals surface area contributed by atoms with Crippen molar-refractivity contribution in [3.8, 4) is 0 Å². The summed E-state index contributed by atoms with van der Waals surface area (Å²) in [5.41, 5.74) is 14.0. The second kappa shape index (κ2) is 17.5. The van der Waals surface area contributed by atoms with Crippen LogP contribution in [-0.2, 0) is 33.0 Å². The lowest BCUT2D eigenvalue weighted by molar-refractivity contribution is -0.140. The minimum Gasteiger partial charge on any atom is -0.463 e. The van der Waals surface area contributed by atoms with E-state index in [9.17, 15) is 18.4 Å². The Morgan fingerprint density at radius 2 is 1.29 bits per heavy atom. The Hall–Kier alpha value is -4.98. The number of halogens is 5. The number of hydrogen-bond donors (Lipinski definition) is 4. The van der Waals surface area contributed by atoms with Crippen LogP contribution in [0.1, 0.15) is 39.9 Å². The van der Waals surface area contributed by atoms with E-state index in [1.54, 1.807) is 30.3 Å². The smallest absolute Gasteiger partial charge is 0.350 e. The number of ether oxygens (including phenoxy) is 2. The number of carbonyl (C=O) groups excluding carboxylic acids is 2. The molecular formula is C36H34Cl3F2N7O4. The third kappa shape index (κ3) is 10.8. The lowest BCUT2D eigenvalue weighted by Gasteiger charge is -2.17. The van der Waals surface area contributed by atoms with Crippen LogP contribution >= 0.6 is 34.8 Å². The Labute approximate surface area is 313 Å². The number of nitrogens with zero attached hydrogens (tertiary/aromatic N) is 3. The van der Waals surface area contributed by atoms with Gasteiger partial charge in [0.2, 0.25) is 0 Å². The van der Waals surface area contributed by atoms with Gasteiger partial charge in [-0.1, -0.05) is 65.1 Å². The van der Waals surface area contributed by atoms with Crippen LogP contribution in [0.5, 0.6) is 0 Å². The van der Waals surface area contributed by atoms with Crippen LogP contribution in [0.2, 0.25) is 15.1 Å². The van der Waals surface area contributed by atoms with Crippen molar-refractivity contribution in [3.05, 3.63) is 123 Å². The molecule has 16 heteroatoms. The number of anilines is 2. The van der Waals surface area contributed by atoms with Gasteiger partial charge in [0, 0.05) is 29.3 Å². The molecule has 0 unspecified atom stereocenters. The van der Waals surface area contributed by atoms with Crippen LogP contribution in [0.3, 0.4) is 0 Å². The molecule has 0 bridgehead atoms. The Kier molecular flexibility index (Phi) is 12.9. The summed E-state index contributed by atoms with van der Waals surface area (Å²) >= 11 is 17.3. The van der Waals surface area contributed by atoms with Gasteiger partial charge in [-0.05, 0) is 79.3 Å². The normalized spacial score (nSPS) is 16.4. The highest BCUT2D eigenvalue weighted by Crippen LogP contribution is 2.34. The first-order valence-electron chi connectivity index (χ1n) is 16.0. The number of nitrogens with two attached hydrogens (primary N) is 2. The number of aliphatic imine (C=N–C) groups is 2. The maximum atomic E-state index is 14.4. The summed E-state index contributed by atoms with van der Waals surface area (Å²) in [7, 11) is 0. The molecule has 11 nitrogen and oxygen atoms in total. The van der Waals surface area contributed by atoms with Crippen LogP contribution in [0.4, 0.5) is 20.2 Å². The SMILES string of the molecule is NC1=N[C@@H](CCc2ccc(NC(=O)C(F)(F)c3ccc(Cl)c(Cl)c3)cc2)CO1.NC1=N[C@@H](CCc2ccc(NC(=O)c3cncc(Cl)c3)cc2)CO1. The van der Waals surface area contributed by atoms with Crippen molar-refractivity contribution in [3.63, 3.8) is 0 Å². The fourth-order valence-corrected chi connectivity index (χ4v) is 5.59. The average Bonchev–Trinajstić information content (AvgIpc) is 3.75. The number of benzene rings is 3. The second-order valence-corrected chi connectivity index (χ2v) is 13.1. The minimum atomic E-state index is -3.76. The first-order valence-corrected chi connectivity index (χ1v) is 17.2. The molecule has 0 spiro atoms. The molecule has 2 amide bonds. The highest BCUT2D eigenvalue weighted by atomic mass is 35.5. The Morgan fingerprint density at radius 3 is 1.77 bits per heavy atom. The van der Waals surface area contributed by atoms with Crippen molar-refractivity contribution in [2.45, 2.75) is 43.7 Å². The van der Waals surface area contributed by atoms with Crippen molar-refractivity contribution in [2.75, 3.05) is 23.8 Å². The molecule has 3 aromatic carbocycles. The average molecular weight is 773 g/mol. The van der Waals surface area contributed by atoms with Gasteiger partial charge in [0.1, 0.15) is 13.2 Å². The van der Waals surface area contributed by atoms with E-state index in [1.165, 1.54) is 18.5 Å². The van der Waals surface area contributed by atoms with Crippen molar-refractivity contribution in [1.82, 2.24) is 4.98 Å². The van der Waals surface area contributed by atoms with Crippen LogP contribution in [0.15, 0.2) is 95.2 Å². The highest BCUT2D eigenvalue weighted by molar-refractivity contribution is 6.42. The number of amidine groups is 2. The minimum absolute atomic E-state index is 0.0178. The standard InChI is InChI=1S/C19H17Cl2F2N3O2.C17H17ClN4O2/c20-15-8-4-12(9-16(15)21)19(22,23)17(27)25-13-5-1-11(2-6-13)3-7-14-10-28-18(24)26-14;18-13-7-12(8-20-9-13)16(23)21-14-4-1-11(2-5-14)3-6-15-10-24-17(19)22-15/h1-2,4-6,8-9,14H,3,7,10H2,(H2,24,26)(H,25,27);1-2,4-5,7-9,15H,3,6,10H2,(H2,19,22)(H,21,23)/t14-;15-/m00/s1. The number of aromatic nitrogens is 1. The molecule has 1 aromatic heterocycles. The number of carbonyl (C=O) groups is 2. The zero-order valence-electron chi connectivity index (χ0n) is 27.5. The lowest BCUT2D eigenvalue weighted by atomic mass is 10.1. The summed E-state index contributed by atoms with van der Waals surface area (Å²) < 4.78 is 39.0. The zero-order chi connectivity index (χ0) is 37.3. The third-order valence-electron chi connectivity index (χ3n) is 7.96. The molecule has 52 heavy (non-hydrogen) atoms. The predicted octanol–water partition coefficient (Wildman–Crippen LogP) is 7.00. The van der Waals surface area contributed by atoms with E-state index in [4.69, 9.17) is 55.7 Å². The second-order valence-electron chi connectivity index (χ2n) is 11.8. The molecule has 0 saturated carbocycles. The van der Waals surface area contributed by atoms with Crippen LogP contribution in [0.25, 0.3) is 0 Å². The molecule has 272 valence electrons. The van der Waals surface area contributed by atoms with Gasteiger partial charge in [-0.3, -0.25) is 14.6 Å². The first kappa shape index (κ1) is 38.3. The lowest BCUT2D eigenvalue weighted by Crippen LogP contribution is -2.32. The zero-order valence-corrected chi connectivity index (χ0v) is 29.8. The monoisotopic (exact) mass is 771 g/mol. The number of aryl methyl sites for hydroxylation is 2. The summed E-state index contributed by atoms with van der Waals surface area (Å²) in [5, 5.41) is 5.56. The fraction of sp³-hybridized carbons (Fsp3) is 0.250. The number of amides is 2. The van der Waals surface area contributed by atoms with Crippen molar-refractivity contribution >= 4 is 70.0 Å². The number of alkyl halides is 2. The number of hydrogen-bond acceptors (Lipinski definition) is 9. The van der Waals surface area contributed by atoms with Crippen LogP contribution in [-0.4, -0.2) is 54.1 Å². The van der Waals surface area contributed by atoms with Gasteiger partial charge < -0.3 is 31.6 Å². The van der Waals surface area contributed by atoms with E-state index >= 15 is 0 Å². The van der Waals surface area contributed by atoms with E-state index in [2.05, 4.69) is 25.6 Å². The highest BCUT2D eigenvalue weighted by Gasteiger charge is 2.41. The van der Waals surface area contributed by atoms with Gasteiger partial charge in [0.15, 0.2) is 0 Å². The largest absolute Gasteiger partial charge is 0.463 e. The van der Waals surface area contributed by atoms with Crippen molar-refractivity contribution in [1.29, 1.82) is 0 Å². The van der Waals surface area contributed by atoms with Crippen LogP contribution in [0, 0.1) is 0 Å². The molecule has 6 N–H and O–H groups in total. The molecule has 0 saturated heterocycles. The molecular weight excluding hydrogens is 739 g/mol. The van der Waals surface area contributed by atoms with Gasteiger partial charge in [-0.2, -0.15) is 8.78 Å². The third-order valence-corrected chi connectivity index (χ3v) is 8.90. The topological polar surface area (TPSA) is 166 Å². The van der Waals surface area contributed by atoms with Crippen molar-refractivity contribution < 1.29 is 27.8 Å². The Morgan fingerprint density at radius 1 is 0.750 bits per heavy atom. The maximum absolute atomic E-state index is 14.4. The molecule has 2 aliphatic heterocycles. The van der Waals surface area contributed by atoms with E-state index in [1.807, 2.05) is 24.3 Å². The van der Waals surface area contributed by atoms with Gasteiger partial charge in [-0.15, -0.1) is 0 Å². The van der Waals surface area contributed by atoms with E-state index in [0.717, 1.165) is 54.6 Å². The molecule has 2 atom stereocenters. The molecule has 3 heterocycles. The first-order chi connectivity index (χ1) is 24.8. The molecule has 0 fully saturated rings. The van der Waals surface area contributed by atoms with E-state index < -0.39 is 17.4 Å². The predicted molar refractivity (Wildman–Crippen MR) is 198 cm³/mol. The molecule has 6 rings (SSSR count). The number of pyridine rings is 1. The molecule has 0 radical (unpaired) electrons. The van der Waals surface area contributed by atoms with Gasteiger partial charge in [0.25, 0.3) is 23.9 Å². The fourth-order valence-electron chi connectivity index (χ4n) is 5.12. The van der Waals surface area contributed by atoms with Gasteiger partial charge in [0.05, 0.1) is 32.7 Å². The quantitative estimate of drug-likeness (QED) is 0.127. The van der Waals surface area contributed by atoms with Crippen LogP contribution < -0.4 is 22.1 Å². The van der Waals surface area contributed by atoms with Crippen molar-refractivity contribution in [2.24, 2.45) is 21.5 Å². The molecule has 0 aliphatic carbocycles. The van der Waals surface area contributed by atoms with Gasteiger partial charge in [-0.25, -0.2) is 9.98 Å². The Bertz CT molecular complexity index is 1950. The van der Waals surface area contributed by atoms with E-state index in [-0.39, 0.29) is 45.8 Å². The summed E-state index contributed by atoms with van der Waals surface area (Å²) in [4.78, 5) is 36.4. The summed E-state index contributed by atoms with van der Waals surface area (Å²) in [6, 6.07) is 19.8. The maximum Gasteiger partial charge on any atom is 0.350 e. The molecule has 4 aromatic rings. The van der Waals surface area contributed by atoms with E-state index in [0.29, 0.717) is 23.8 Å².